The van der Waals surface area contributed by atoms with Gasteiger partial charge in [0, 0.05) is 24.1 Å². The highest BCUT2D eigenvalue weighted by Crippen LogP contribution is 2.40. The van der Waals surface area contributed by atoms with Crippen LogP contribution in [0.5, 0.6) is 5.75 Å². The summed E-state index contributed by atoms with van der Waals surface area (Å²) in [6.45, 7) is 0.488. The summed E-state index contributed by atoms with van der Waals surface area (Å²) in [5.41, 5.74) is 1.27. The van der Waals surface area contributed by atoms with Crippen molar-refractivity contribution in [3.05, 3.63) is 70.3 Å². The third-order valence-electron chi connectivity index (χ3n) is 4.99. The number of rotatable bonds is 7. The van der Waals surface area contributed by atoms with Gasteiger partial charge in [0.15, 0.2) is 6.61 Å². The molecular weight excluding hydrogens is 332 g/mol. The second-order valence-corrected chi connectivity index (χ2v) is 6.67. The van der Waals surface area contributed by atoms with E-state index in [9.17, 15) is 14.9 Å². The minimum absolute atomic E-state index is 0.00425. The van der Waals surface area contributed by atoms with E-state index in [1.807, 2.05) is 18.2 Å². The summed E-state index contributed by atoms with van der Waals surface area (Å²) >= 11 is 0. The van der Waals surface area contributed by atoms with Gasteiger partial charge in [-0.25, -0.2) is 0 Å². The zero-order valence-electron chi connectivity index (χ0n) is 14.5. The molecule has 0 aromatic heterocycles. The maximum atomic E-state index is 12.2. The Bertz CT molecular complexity index is 753. The Morgan fingerprint density at radius 3 is 2.35 bits per heavy atom. The quantitative estimate of drug-likeness (QED) is 0.608. The molecule has 1 amide bonds. The summed E-state index contributed by atoms with van der Waals surface area (Å²) in [7, 11) is 0. The van der Waals surface area contributed by atoms with E-state index < -0.39 is 4.92 Å². The molecule has 0 bridgehead atoms. The van der Waals surface area contributed by atoms with Crippen molar-refractivity contribution in [2.24, 2.45) is 0 Å². The summed E-state index contributed by atoms with van der Waals surface area (Å²) in [6.07, 6.45) is 4.48. The monoisotopic (exact) mass is 354 g/mol. The van der Waals surface area contributed by atoms with E-state index >= 15 is 0 Å². The fourth-order valence-electron chi connectivity index (χ4n) is 3.54. The number of nitro benzene ring substituents is 1. The first-order valence-electron chi connectivity index (χ1n) is 8.79. The average Bonchev–Trinajstić information content (AvgIpc) is 3.16. The van der Waals surface area contributed by atoms with Crippen LogP contribution in [-0.2, 0) is 10.2 Å². The molecule has 136 valence electrons. The Hall–Kier alpha value is -2.89. The molecule has 0 aliphatic heterocycles. The standard InChI is InChI=1S/C20H22N2O4/c23-19(14-26-18-10-8-17(9-11-18)22(24)25)21-15-20(12-4-5-13-20)16-6-2-1-3-7-16/h1-3,6-11H,4-5,12-15H2,(H,21,23). The van der Waals surface area contributed by atoms with Crippen LogP contribution < -0.4 is 10.1 Å². The van der Waals surface area contributed by atoms with E-state index in [0.29, 0.717) is 12.3 Å². The molecule has 0 spiro atoms. The van der Waals surface area contributed by atoms with Crippen molar-refractivity contribution in [1.29, 1.82) is 0 Å². The number of carbonyl (C=O) groups excluding carboxylic acids is 1. The van der Waals surface area contributed by atoms with Crippen LogP contribution in [0.25, 0.3) is 0 Å². The fourth-order valence-corrected chi connectivity index (χ4v) is 3.54. The van der Waals surface area contributed by atoms with Crippen LogP contribution in [0, 0.1) is 10.1 Å². The van der Waals surface area contributed by atoms with Crippen molar-refractivity contribution in [2.75, 3.05) is 13.2 Å². The van der Waals surface area contributed by atoms with E-state index in [-0.39, 0.29) is 23.6 Å². The number of nitrogens with zero attached hydrogens (tertiary/aromatic N) is 1. The van der Waals surface area contributed by atoms with Crippen LogP contribution in [0.2, 0.25) is 0 Å². The molecule has 0 heterocycles. The summed E-state index contributed by atoms with van der Waals surface area (Å²) in [4.78, 5) is 22.3. The van der Waals surface area contributed by atoms with Gasteiger partial charge >= 0.3 is 0 Å². The van der Waals surface area contributed by atoms with Crippen LogP contribution in [0.4, 0.5) is 5.69 Å². The highest BCUT2D eigenvalue weighted by molar-refractivity contribution is 5.77. The first-order chi connectivity index (χ1) is 12.6. The van der Waals surface area contributed by atoms with Gasteiger partial charge in [0.05, 0.1) is 4.92 Å². The van der Waals surface area contributed by atoms with Crippen LogP contribution in [-0.4, -0.2) is 24.0 Å². The molecule has 6 nitrogen and oxygen atoms in total. The zero-order valence-corrected chi connectivity index (χ0v) is 14.5. The zero-order chi connectivity index (χ0) is 18.4. The van der Waals surface area contributed by atoms with Crippen LogP contribution in [0.3, 0.4) is 0 Å². The molecule has 2 aromatic carbocycles. The minimum Gasteiger partial charge on any atom is -0.484 e. The van der Waals surface area contributed by atoms with Crippen molar-refractivity contribution >= 4 is 11.6 Å². The van der Waals surface area contributed by atoms with Gasteiger partial charge in [0.1, 0.15) is 5.75 Å². The molecule has 26 heavy (non-hydrogen) atoms. The molecule has 0 radical (unpaired) electrons. The molecule has 1 N–H and O–H groups in total. The Balaban J connectivity index is 1.53. The molecule has 0 unspecified atom stereocenters. The summed E-state index contributed by atoms with van der Waals surface area (Å²) in [6, 6.07) is 16.0. The minimum atomic E-state index is -0.471. The highest BCUT2D eigenvalue weighted by Gasteiger charge is 2.35. The third-order valence-corrected chi connectivity index (χ3v) is 4.99. The van der Waals surface area contributed by atoms with Crippen molar-refractivity contribution in [3.8, 4) is 5.75 Å². The Kier molecular flexibility index (Phi) is 5.51. The second kappa shape index (κ2) is 7.99. The number of hydrogen-bond donors (Lipinski definition) is 1. The largest absolute Gasteiger partial charge is 0.484 e. The molecular formula is C20H22N2O4. The predicted octanol–water partition coefficient (Wildman–Crippen LogP) is 3.60. The first-order valence-corrected chi connectivity index (χ1v) is 8.79. The summed E-state index contributed by atoms with van der Waals surface area (Å²) in [5, 5.41) is 13.6. The number of benzene rings is 2. The summed E-state index contributed by atoms with van der Waals surface area (Å²) < 4.78 is 5.42. The normalized spacial score (nSPS) is 15.4. The maximum absolute atomic E-state index is 12.2. The van der Waals surface area contributed by atoms with E-state index in [1.54, 1.807) is 0 Å². The van der Waals surface area contributed by atoms with E-state index in [0.717, 1.165) is 12.8 Å². The molecule has 0 atom stereocenters. The second-order valence-electron chi connectivity index (χ2n) is 6.67. The topological polar surface area (TPSA) is 81.5 Å². The van der Waals surface area contributed by atoms with Gasteiger partial charge < -0.3 is 10.1 Å². The van der Waals surface area contributed by atoms with Gasteiger partial charge in [0.25, 0.3) is 11.6 Å². The number of carbonyl (C=O) groups is 1. The third kappa shape index (κ3) is 4.20. The molecule has 1 saturated carbocycles. The maximum Gasteiger partial charge on any atom is 0.269 e. The van der Waals surface area contributed by atoms with Gasteiger partial charge in [0.2, 0.25) is 0 Å². The van der Waals surface area contributed by atoms with Gasteiger partial charge in [-0.2, -0.15) is 0 Å². The molecule has 0 saturated heterocycles. The van der Waals surface area contributed by atoms with E-state index in [1.165, 1.54) is 42.7 Å². The lowest BCUT2D eigenvalue weighted by atomic mass is 9.79. The van der Waals surface area contributed by atoms with Crippen LogP contribution >= 0.6 is 0 Å². The molecule has 3 rings (SSSR count). The van der Waals surface area contributed by atoms with Gasteiger partial charge in [-0.15, -0.1) is 0 Å². The molecule has 2 aromatic rings. The summed E-state index contributed by atoms with van der Waals surface area (Å²) in [5.74, 6) is 0.245. The number of ether oxygens (including phenoxy) is 1. The lowest BCUT2D eigenvalue weighted by Gasteiger charge is -2.30. The van der Waals surface area contributed by atoms with E-state index in [2.05, 4.69) is 17.4 Å². The molecule has 1 aliphatic rings. The first kappa shape index (κ1) is 17.9. The van der Waals surface area contributed by atoms with Gasteiger partial charge in [-0.05, 0) is 30.5 Å². The van der Waals surface area contributed by atoms with Crippen LogP contribution in [0.1, 0.15) is 31.2 Å². The van der Waals surface area contributed by atoms with Crippen molar-refractivity contribution in [2.45, 2.75) is 31.1 Å². The van der Waals surface area contributed by atoms with Crippen molar-refractivity contribution in [1.82, 2.24) is 5.32 Å². The number of hydrogen-bond acceptors (Lipinski definition) is 4. The molecule has 1 aliphatic carbocycles. The average molecular weight is 354 g/mol. The number of nitro groups is 1. The lowest BCUT2D eigenvalue weighted by Crippen LogP contribution is -2.40. The van der Waals surface area contributed by atoms with Gasteiger partial charge in [-0.1, -0.05) is 43.2 Å². The fraction of sp³-hybridized carbons (Fsp3) is 0.350. The Morgan fingerprint density at radius 2 is 1.73 bits per heavy atom. The number of nitrogens with one attached hydrogen (secondary N) is 1. The molecule has 6 heteroatoms. The van der Waals surface area contributed by atoms with Gasteiger partial charge in [-0.3, -0.25) is 14.9 Å². The van der Waals surface area contributed by atoms with Crippen LogP contribution in [0.15, 0.2) is 54.6 Å². The predicted molar refractivity (Wildman–Crippen MR) is 98.2 cm³/mol. The number of non-ortho nitro benzene ring substituents is 1. The Morgan fingerprint density at radius 1 is 1.08 bits per heavy atom. The Labute approximate surface area is 152 Å². The molecule has 1 fully saturated rings. The lowest BCUT2D eigenvalue weighted by molar-refractivity contribution is -0.384. The number of amides is 1. The SMILES string of the molecule is O=C(COc1ccc([N+](=O)[O-])cc1)NCC1(c2ccccc2)CCCC1. The van der Waals surface area contributed by atoms with Crippen molar-refractivity contribution < 1.29 is 14.5 Å². The smallest absolute Gasteiger partial charge is 0.269 e. The highest BCUT2D eigenvalue weighted by atomic mass is 16.6. The van der Waals surface area contributed by atoms with E-state index in [4.69, 9.17) is 4.74 Å². The van der Waals surface area contributed by atoms with Crippen molar-refractivity contribution in [3.63, 3.8) is 0 Å².